The van der Waals surface area contributed by atoms with Crippen LogP contribution in [0.25, 0.3) is 0 Å². The number of Topliss-reactive ketones (excluding diaryl/α,β-unsaturated/α-hetero) is 1. The molecule has 1 aromatic carbocycles. The van der Waals surface area contributed by atoms with Crippen LogP contribution in [0, 0.1) is 5.92 Å². The molecule has 3 heteroatoms. The highest BCUT2D eigenvalue weighted by Crippen LogP contribution is 2.22. The van der Waals surface area contributed by atoms with E-state index in [1.165, 1.54) is 4.90 Å². The van der Waals surface area contributed by atoms with Crippen LogP contribution in [0.2, 0.25) is 0 Å². The maximum absolute atomic E-state index is 12.1. The molecule has 1 aliphatic heterocycles. The zero-order chi connectivity index (χ0) is 12.1. The molecular weight excluding hydrogens is 232 g/mol. The molecule has 2 rings (SSSR count). The summed E-state index contributed by atoms with van der Waals surface area (Å²) in [6, 6.07) is 7.91. The number of carbonyl (C=O) groups excluding carboxylic acids is 1. The number of thioether (sulfide) groups is 1. The van der Waals surface area contributed by atoms with Crippen LogP contribution < -0.4 is 0 Å². The predicted octanol–water partition coefficient (Wildman–Crippen LogP) is 3.41. The minimum absolute atomic E-state index is 0.268. The molecule has 1 saturated heterocycles. The largest absolute Gasteiger partial charge is 0.381 e. The van der Waals surface area contributed by atoms with Gasteiger partial charge in [0.15, 0.2) is 5.78 Å². The van der Waals surface area contributed by atoms with Gasteiger partial charge in [-0.2, -0.15) is 0 Å². The molecule has 1 aliphatic rings. The van der Waals surface area contributed by atoms with E-state index >= 15 is 0 Å². The van der Waals surface area contributed by atoms with Gasteiger partial charge in [-0.15, -0.1) is 11.8 Å². The Morgan fingerprint density at radius 3 is 2.53 bits per heavy atom. The van der Waals surface area contributed by atoms with Crippen LogP contribution in [0.1, 0.15) is 29.6 Å². The summed E-state index contributed by atoms with van der Waals surface area (Å²) in [5, 5.41) is 0. The molecule has 1 fully saturated rings. The van der Waals surface area contributed by atoms with Crippen LogP contribution in [0.15, 0.2) is 29.2 Å². The van der Waals surface area contributed by atoms with Gasteiger partial charge in [0.1, 0.15) is 0 Å². The van der Waals surface area contributed by atoms with Crippen molar-refractivity contribution in [2.75, 3.05) is 19.5 Å². The van der Waals surface area contributed by atoms with Crippen molar-refractivity contribution in [2.24, 2.45) is 5.92 Å². The van der Waals surface area contributed by atoms with Crippen LogP contribution in [0.5, 0.6) is 0 Å². The lowest BCUT2D eigenvalue weighted by Gasteiger charge is -2.21. The number of rotatable bonds is 4. The van der Waals surface area contributed by atoms with Crippen molar-refractivity contribution in [3.05, 3.63) is 29.8 Å². The molecule has 92 valence electrons. The molecule has 0 amide bonds. The number of carbonyl (C=O) groups is 1. The standard InChI is InChI=1S/C14H18O2S/c1-17-13-4-2-12(3-5-13)14(15)10-11-6-8-16-9-7-11/h2-5,11H,6-10H2,1H3. The number of ketones is 1. The van der Waals surface area contributed by atoms with Crippen molar-refractivity contribution < 1.29 is 9.53 Å². The molecule has 0 aromatic heterocycles. The molecule has 0 saturated carbocycles. The van der Waals surface area contributed by atoms with Crippen LogP contribution in [0.4, 0.5) is 0 Å². The molecule has 0 aliphatic carbocycles. The van der Waals surface area contributed by atoms with Crippen molar-refractivity contribution in [3.63, 3.8) is 0 Å². The summed E-state index contributed by atoms with van der Waals surface area (Å²) >= 11 is 1.70. The summed E-state index contributed by atoms with van der Waals surface area (Å²) in [5.41, 5.74) is 0.842. The number of ether oxygens (including phenoxy) is 1. The molecule has 0 spiro atoms. The van der Waals surface area contributed by atoms with Crippen molar-refractivity contribution in [2.45, 2.75) is 24.2 Å². The molecule has 2 nitrogen and oxygen atoms in total. The second kappa shape index (κ2) is 6.22. The van der Waals surface area contributed by atoms with E-state index < -0.39 is 0 Å². The molecular formula is C14H18O2S. The summed E-state index contributed by atoms with van der Waals surface area (Å²) in [7, 11) is 0. The molecule has 0 bridgehead atoms. The lowest BCUT2D eigenvalue weighted by molar-refractivity contribution is 0.0601. The third kappa shape index (κ3) is 3.58. The first kappa shape index (κ1) is 12.7. The zero-order valence-corrected chi connectivity index (χ0v) is 11.0. The fraction of sp³-hybridized carbons (Fsp3) is 0.500. The lowest BCUT2D eigenvalue weighted by Crippen LogP contribution is -2.18. The zero-order valence-electron chi connectivity index (χ0n) is 10.1. The summed E-state index contributed by atoms with van der Waals surface area (Å²) in [6.45, 7) is 1.62. The maximum atomic E-state index is 12.1. The molecule has 0 radical (unpaired) electrons. The quantitative estimate of drug-likeness (QED) is 0.605. The number of hydrogen-bond acceptors (Lipinski definition) is 3. The van der Waals surface area contributed by atoms with Crippen LogP contribution in [0.3, 0.4) is 0 Å². The average Bonchev–Trinajstić information content (AvgIpc) is 2.40. The summed E-state index contributed by atoms with van der Waals surface area (Å²) in [5.74, 6) is 0.779. The van der Waals surface area contributed by atoms with Crippen LogP contribution >= 0.6 is 11.8 Å². The van der Waals surface area contributed by atoms with Gasteiger partial charge in [-0.1, -0.05) is 12.1 Å². The number of benzene rings is 1. The van der Waals surface area contributed by atoms with Crippen molar-refractivity contribution in [1.82, 2.24) is 0 Å². The molecule has 1 heterocycles. The van der Waals surface area contributed by atoms with E-state index in [4.69, 9.17) is 4.74 Å². The second-order valence-corrected chi connectivity index (χ2v) is 5.29. The lowest BCUT2D eigenvalue weighted by atomic mass is 9.92. The topological polar surface area (TPSA) is 26.3 Å². The Bertz CT molecular complexity index is 366. The van der Waals surface area contributed by atoms with Gasteiger partial charge in [0.25, 0.3) is 0 Å². The smallest absolute Gasteiger partial charge is 0.163 e. The van der Waals surface area contributed by atoms with Gasteiger partial charge in [-0.05, 0) is 37.1 Å². The Morgan fingerprint density at radius 1 is 1.29 bits per heavy atom. The highest BCUT2D eigenvalue weighted by atomic mass is 32.2. The number of hydrogen-bond donors (Lipinski definition) is 0. The van der Waals surface area contributed by atoms with Crippen molar-refractivity contribution in [1.29, 1.82) is 0 Å². The Morgan fingerprint density at radius 2 is 1.94 bits per heavy atom. The van der Waals surface area contributed by atoms with Gasteiger partial charge in [0, 0.05) is 30.1 Å². The van der Waals surface area contributed by atoms with E-state index in [1.807, 2.05) is 30.5 Å². The van der Waals surface area contributed by atoms with Crippen molar-refractivity contribution in [3.8, 4) is 0 Å². The Kier molecular flexibility index (Phi) is 4.63. The first-order valence-electron chi connectivity index (χ1n) is 6.04. The Hall–Kier alpha value is -0.800. The summed E-state index contributed by atoms with van der Waals surface area (Å²) in [4.78, 5) is 13.3. The van der Waals surface area contributed by atoms with Crippen molar-refractivity contribution >= 4 is 17.5 Å². The first-order valence-corrected chi connectivity index (χ1v) is 7.27. The monoisotopic (exact) mass is 250 g/mol. The first-order chi connectivity index (χ1) is 8.29. The summed E-state index contributed by atoms with van der Waals surface area (Å²) < 4.78 is 5.30. The fourth-order valence-electron chi connectivity index (χ4n) is 2.11. The predicted molar refractivity (Wildman–Crippen MR) is 70.7 cm³/mol. The summed E-state index contributed by atoms with van der Waals surface area (Å²) in [6.07, 6.45) is 4.75. The molecule has 0 unspecified atom stereocenters. The minimum Gasteiger partial charge on any atom is -0.381 e. The SMILES string of the molecule is CSc1ccc(C(=O)CC2CCOCC2)cc1. The average molecular weight is 250 g/mol. The third-order valence-corrected chi connectivity index (χ3v) is 3.97. The minimum atomic E-state index is 0.268. The van der Waals surface area contributed by atoms with Gasteiger partial charge >= 0.3 is 0 Å². The molecule has 17 heavy (non-hydrogen) atoms. The maximum Gasteiger partial charge on any atom is 0.163 e. The van der Waals surface area contributed by atoms with Crippen LogP contribution in [-0.2, 0) is 4.74 Å². The highest BCUT2D eigenvalue weighted by Gasteiger charge is 2.18. The fourth-order valence-corrected chi connectivity index (χ4v) is 2.52. The van der Waals surface area contributed by atoms with E-state index in [0.29, 0.717) is 12.3 Å². The van der Waals surface area contributed by atoms with Gasteiger partial charge in [-0.25, -0.2) is 0 Å². The Balaban J connectivity index is 1.93. The normalized spacial score (nSPS) is 17.0. The molecule has 0 atom stereocenters. The third-order valence-electron chi connectivity index (χ3n) is 3.23. The molecule has 1 aromatic rings. The van der Waals surface area contributed by atoms with E-state index in [-0.39, 0.29) is 5.78 Å². The van der Waals surface area contributed by atoms with Gasteiger partial charge < -0.3 is 4.74 Å². The van der Waals surface area contributed by atoms with E-state index in [1.54, 1.807) is 11.8 Å². The molecule has 0 N–H and O–H groups in total. The highest BCUT2D eigenvalue weighted by molar-refractivity contribution is 7.98. The second-order valence-electron chi connectivity index (χ2n) is 4.41. The van der Waals surface area contributed by atoms with E-state index in [2.05, 4.69) is 0 Å². The van der Waals surface area contributed by atoms with Gasteiger partial charge in [-0.3, -0.25) is 4.79 Å². The van der Waals surface area contributed by atoms with E-state index in [9.17, 15) is 4.79 Å². The van der Waals surface area contributed by atoms with Gasteiger partial charge in [0.05, 0.1) is 0 Å². The Labute approximate surface area is 107 Å². The van der Waals surface area contributed by atoms with Gasteiger partial charge in [0.2, 0.25) is 0 Å². The van der Waals surface area contributed by atoms with E-state index in [0.717, 1.165) is 31.6 Å². The van der Waals surface area contributed by atoms with Crippen LogP contribution in [-0.4, -0.2) is 25.3 Å².